The van der Waals surface area contributed by atoms with Crippen LogP contribution >= 0.6 is 0 Å². The molecule has 2 atom stereocenters. The Hall–Kier alpha value is -0.610. The van der Waals surface area contributed by atoms with E-state index in [0.29, 0.717) is 12.5 Å². The smallest absolute Gasteiger partial charge is 0.323 e. The number of carbonyl (C=O) groups is 1. The summed E-state index contributed by atoms with van der Waals surface area (Å²) in [5.74, 6) is -0.723. The summed E-state index contributed by atoms with van der Waals surface area (Å²) >= 11 is 0. The third-order valence-electron chi connectivity index (χ3n) is 3.11. The first-order valence-electron chi connectivity index (χ1n) is 4.60. The summed E-state index contributed by atoms with van der Waals surface area (Å²) in [5.41, 5.74) is -0.686. The van der Waals surface area contributed by atoms with E-state index in [4.69, 9.17) is 5.11 Å². The Labute approximate surface area is 78.9 Å². The van der Waals surface area contributed by atoms with Crippen LogP contribution < -0.4 is 5.32 Å². The average molecular weight is 186 g/mol. The lowest BCUT2D eigenvalue weighted by Crippen LogP contribution is -2.49. The minimum Gasteiger partial charge on any atom is -0.480 e. The zero-order valence-electron chi connectivity index (χ0n) is 8.50. The van der Waals surface area contributed by atoms with Crippen LogP contribution in [0.2, 0.25) is 0 Å². The van der Waals surface area contributed by atoms with E-state index in [2.05, 4.69) is 10.2 Å². The third kappa shape index (κ3) is 1.84. The van der Waals surface area contributed by atoms with Gasteiger partial charge in [-0.15, -0.1) is 0 Å². The topological polar surface area (TPSA) is 52.6 Å². The third-order valence-corrected chi connectivity index (χ3v) is 3.11. The first kappa shape index (κ1) is 10.5. The highest BCUT2D eigenvalue weighted by Gasteiger charge is 2.44. The highest BCUT2D eigenvalue weighted by molar-refractivity contribution is 5.79. The Kier molecular flexibility index (Phi) is 2.93. The van der Waals surface area contributed by atoms with Crippen LogP contribution in [0.1, 0.15) is 19.3 Å². The monoisotopic (exact) mass is 186 g/mol. The Balaban J connectivity index is 2.69. The molecule has 1 fully saturated rings. The minimum atomic E-state index is -0.723. The molecule has 0 aromatic heterocycles. The second-order valence-corrected chi connectivity index (χ2v) is 4.00. The summed E-state index contributed by atoms with van der Waals surface area (Å²) in [7, 11) is 5.72. The van der Waals surface area contributed by atoms with E-state index < -0.39 is 11.5 Å². The quantitative estimate of drug-likeness (QED) is 0.658. The van der Waals surface area contributed by atoms with Gasteiger partial charge in [0.25, 0.3) is 0 Å². The van der Waals surface area contributed by atoms with E-state index in [1.807, 2.05) is 14.1 Å². The van der Waals surface area contributed by atoms with Gasteiger partial charge in [0.2, 0.25) is 0 Å². The van der Waals surface area contributed by atoms with Crippen molar-refractivity contribution in [3.8, 4) is 0 Å². The van der Waals surface area contributed by atoms with Gasteiger partial charge < -0.3 is 15.3 Å². The Morgan fingerprint density at radius 3 is 2.46 bits per heavy atom. The highest BCUT2D eigenvalue weighted by atomic mass is 16.4. The number of carboxylic acids is 1. The summed E-state index contributed by atoms with van der Waals surface area (Å²) in [6, 6.07) is 0.392. The van der Waals surface area contributed by atoms with Gasteiger partial charge in [-0.1, -0.05) is 0 Å². The zero-order valence-corrected chi connectivity index (χ0v) is 8.50. The molecule has 0 amide bonds. The molecule has 0 aromatic carbocycles. The molecule has 1 aliphatic carbocycles. The minimum absolute atomic E-state index is 0.392. The second kappa shape index (κ2) is 3.64. The number of aliphatic carboxylic acids is 1. The van der Waals surface area contributed by atoms with Gasteiger partial charge in [0.05, 0.1) is 0 Å². The molecule has 0 heterocycles. The van der Waals surface area contributed by atoms with Gasteiger partial charge in [-0.05, 0) is 40.4 Å². The van der Waals surface area contributed by atoms with Crippen molar-refractivity contribution in [3.63, 3.8) is 0 Å². The lowest BCUT2D eigenvalue weighted by Gasteiger charge is -2.25. The van der Waals surface area contributed by atoms with Crippen molar-refractivity contribution in [2.45, 2.75) is 30.8 Å². The number of carboxylic acid groups (broad SMARTS) is 1. The van der Waals surface area contributed by atoms with Crippen LogP contribution in [0.25, 0.3) is 0 Å². The van der Waals surface area contributed by atoms with Crippen molar-refractivity contribution in [2.75, 3.05) is 21.1 Å². The molecule has 4 nitrogen and oxygen atoms in total. The van der Waals surface area contributed by atoms with E-state index in [0.717, 1.165) is 12.8 Å². The molecule has 0 spiro atoms. The van der Waals surface area contributed by atoms with E-state index in [1.54, 1.807) is 7.05 Å². The molecular formula is C9H18N2O2. The number of nitrogens with one attached hydrogen (secondary N) is 1. The lowest BCUT2D eigenvalue weighted by atomic mass is 9.98. The molecule has 0 aromatic rings. The van der Waals surface area contributed by atoms with Gasteiger partial charge in [-0.25, -0.2) is 0 Å². The molecule has 0 saturated heterocycles. The molecule has 1 rings (SSSR count). The molecule has 13 heavy (non-hydrogen) atoms. The van der Waals surface area contributed by atoms with Crippen LogP contribution in [0.5, 0.6) is 0 Å². The summed E-state index contributed by atoms with van der Waals surface area (Å²) in [6.07, 6.45) is 2.38. The fraction of sp³-hybridized carbons (Fsp3) is 0.889. The lowest BCUT2D eigenvalue weighted by molar-refractivity contribution is -0.144. The van der Waals surface area contributed by atoms with E-state index in [-0.39, 0.29) is 0 Å². The average Bonchev–Trinajstić information content (AvgIpc) is 2.49. The first-order valence-corrected chi connectivity index (χ1v) is 4.60. The predicted octanol–water partition coefficient (Wildman–Crippen LogP) is 0.143. The predicted molar refractivity (Wildman–Crippen MR) is 50.8 cm³/mol. The summed E-state index contributed by atoms with van der Waals surface area (Å²) < 4.78 is 0. The SMILES string of the molecule is CNC1(C(=O)O)CCC(N(C)C)C1. The fourth-order valence-corrected chi connectivity index (χ4v) is 1.99. The standard InChI is InChI=1S/C9H18N2O2/c1-10-9(8(12)13)5-4-7(6-9)11(2)3/h7,10H,4-6H2,1-3H3,(H,12,13). The van der Waals surface area contributed by atoms with Crippen molar-refractivity contribution in [2.24, 2.45) is 0 Å². The fourth-order valence-electron chi connectivity index (χ4n) is 1.99. The Morgan fingerprint density at radius 2 is 2.23 bits per heavy atom. The molecule has 2 unspecified atom stereocenters. The Bertz CT molecular complexity index is 206. The number of likely N-dealkylation sites (N-methyl/N-ethyl adjacent to an activating group) is 1. The van der Waals surface area contributed by atoms with Gasteiger partial charge in [0.15, 0.2) is 0 Å². The van der Waals surface area contributed by atoms with Gasteiger partial charge in [-0.3, -0.25) is 4.79 Å². The molecular weight excluding hydrogens is 168 g/mol. The van der Waals surface area contributed by atoms with Crippen LogP contribution in [-0.4, -0.2) is 48.7 Å². The van der Waals surface area contributed by atoms with E-state index >= 15 is 0 Å². The first-order chi connectivity index (χ1) is 6.02. The molecule has 1 aliphatic rings. The largest absolute Gasteiger partial charge is 0.480 e. The molecule has 2 N–H and O–H groups in total. The van der Waals surface area contributed by atoms with Crippen molar-refractivity contribution in [1.82, 2.24) is 10.2 Å². The van der Waals surface area contributed by atoms with Gasteiger partial charge in [-0.2, -0.15) is 0 Å². The number of rotatable bonds is 3. The maximum Gasteiger partial charge on any atom is 0.323 e. The summed E-state index contributed by atoms with van der Waals surface area (Å²) in [6.45, 7) is 0. The van der Waals surface area contributed by atoms with Crippen LogP contribution in [-0.2, 0) is 4.79 Å². The number of hydrogen-bond acceptors (Lipinski definition) is 3. The van der Waals surface area contributed by atoms with Crippen LogP contribution in [0.15, 0.2) is 0 Å². The zero-order chi connectivity index (χ0) is 10.1. The van der Waals surface area contributed by atoms with Gasteiger partial charge in [0, 0.05) is 6.04 Å². The molecule has 0 aliphatic heterocycles. The summed E-state index contributed by atoms with van der Waals surface area (Å²) in [4.78, 5) is 13.1. The van der Waals surface area contributed by atoms with Crippen molar-refractivity contribution in [3.05, 3.63) is 0 Å². The van der Waals surface area contributed by atoms with Crippen LogP contribution in [0.4, 0.5) is 0 Å². The van der Waals surface area contributed by atoms with Gasteiger partial charge in [0.1, 0.15) is 5.54 Å². The normalized spacial score (nSPS) is 34.0. The van der Waals surface area contributed by atoms with Crippen LogP contribution in [0, 0.1) is 0 Å². The van der Waals surface area contributed by atoms with E-state index in [1.165, 1.54) is 0 Å². The van der Waals surface area contributed by atoms with E-state index in [9.17, 15) is 4.79 Å². The summed E-state index contributed by atoms with van der Waals surface area (Å²) in [5, 5.41) is 12.0. The van der Waals surface area contributed by atoms with Gasteiger partial charge >= 0.3 is 5.97 Å². The highest BCUT2D eigenvalue weighted by Crippen LogP contribution is 2.32. The molecule has 4 heteroatoms. The molecule has 1 saturated carbocycles. The van der Waals surface area contributed by atoms with Crippen molar-refractivity contribution in [1.29, 1.82) is 0 Å². The molecule has 0 radical (unpaired) electrons. The maximum absolute atomic E-state index is 11.0. The second-order valence-electron chi connectivity index (χ2n) is 4.00. The number of hydrogen-bond donors (Lipinski definition) is 2. The van der Waals surface area contributed by atoms with Crippen molar-refractivity contribution >= 4 is 5.97 Å². The molecule has 76 valence electrons. The van der Waals surface area contributed by atoms with Crippen LogP contribution in [0.3, 0.4) is 0 Å². The Morgan fingerprint density at radius 1 is 1.62 bits per heavy atom. The maximum atomic E-state index is 11.0. The number of nitrogens with zero attached hydrogens (tertiary/aromatic N) is 1. The van der Waals surface area contributed by atoms with Crippen molar-refractivity contribution < 1.29 is 9.90 Å². The molecule has 0 bridgehead atoms.